The molecular weight excluding hydrogens is 357 g/mol. The Morgan fingerprint density at radius 3 is 2.54 bits per heavy atom. The van der Waals surface area contributed by atoms with Gasteiger partial charge in [-0.2, -0.15) is 8.78 Å². The number of aromatic amines is 1. The molecule has 1 aliphatic heterocycles. The van der Waals surface area contributed by atoms with E-state index in [4.69, 9.17) is 14.7 Å². The first-order chi connectivity index (χ1) is 10.9. The number of nitrogens with one attached hydrogen (secondary N) is 1. The van der Waals surface area contributed by atoms with Crippen LogP contribution in [0.3, 0.4) is 0 Å². The van der Waals surface area contributed by atoms with E-state index >= 15 is 0 Å². The highest BCUT2D eigenvalue weighted by molar-refractivity contribution is 7.57. The number of halogens is 2. The molecule has 1 aromatic heterocycles. The minimum Gasteiger partial charge on any atom is -0.655 e. The van der Waals surface area contributed by atoms with E-state index in [0.717, 1.165) is 6.20 Å². The maximum absolute atomic E-state index is 13.9. The molecule has 0 unspecified atom stereocenters. The van der Waals surface area contributed by atoms with E-state index in [1.807, 2.05) is 4.98 Å². The average molecular weight is 371 g/mol. The van der Waals surface area contributed by atoms with Crippen LogP contribution in [0.5, 0.6) is 0 Å². The molecule has 0 amide bonds. The maximum Gasteiger partial charge on any atom is 0.377 e. The van der Waals surface area contributed by atoms with Gasteiger partial charge in [-0.1, -0.05) is 0 Å². The molecule has 0 saturated carbocycles. The van der Waals surface area contributed by atoms with Gasteiger partial charge in [-0.25, -0.2) is 4.79 Å². The van der Waals surface area contributed by atoms with Crippen LogP contribution in [-0.4, -0.2) is 49.1 Å². The van der Waals surface area contributed by atoms with Crippen molar-refractivity contribution < 1.29 is 38.4 Å². The smallest absolute Gasteiger partial charge is 0.377 e. The number of nitrogens with zero attached hydrogens (tertiary/aromatic N) is 1. The zero-order valence-corrected chi connectivity index (χ0v) is 13.0. The third kappa shape index (κ3) is 3.02. The van der Waals surface area contributed by atoms with E-state index in [9.17, 15) is 33.3 Å². The fourth-order valence-electron chi connectivity index (χ4n) is 2.52. The van der Waals surface area contributed by atoms with E-state index in [1.165, 1.54) is 6.92 Å². The molecule has 1 aliphatic rings. The Bertz CT molecular complexity index is 730. The van der Waals surface area contributed by atoms with E-state index in [-0.39, 0.29) is 5.56 Å². The van der Waals surface area contributed by atoms with Crippen molar-refractivity contribution in [2.24, 2.45) is 5.92 Å². The standard InChI is InChI=1S/C11H15F2N2O8P/c1-4-2-15(10(19)14-8(4)18)9-7(17)6(5(3-16)23-9)11(12,13)24(20,21)22/h2,5-7,9,16-17H,3H2,1H3,(H,14,18,19)(H2,20,21,22)/p-1/t5-,6-,7-,9-/m1/s1. The van der Waals surface area contributed by atoms with Gasteiger partial charge in [0.05, 0.1) is 12.7 Å². The second-order valence-corrected chi connectivity index (χ2v) is 6.99. The molecule has 136 valence electrons. The van der Waals surface area contributed by atoms with Crippen LogP contribution in [-0.2, 0) is 4.74 Å². The Hall–Kier alpha value is -1.27. The number of aryl methyl sites for hydroxylation is 1. The zero-order chi connectivity index (χ0) is 18.4. The third-order valence-corrected chi connectivity index (χ3v) is 4.80. The topological polar surface area (TPSA) is 171 Å². The van der Waals surface area contributed by atoms with Crippen LogP contribution in [0.15, 0.2) is 15.8 Å². The molecule has 0 radical (unpaired) electrons. The van der Waals surface area contributed by atoms with Crippen molar-refractivity contribution in [2.45, 2.75) is 31.0 Å². The van der Waals surface area contributed by atoms with Crippen molar-refractivity contribution in [2.75, 3.05) is 6.61 Å². The van der Waals surface area contributed by atoms with Gasteiger partial charge >= 0.3 is 11.4 Å². The van der Waals surface area contributed by atoms with Crippen molar-refractivity contribution >= 4 is 7.94 Å². The van der Waals surface area contributed by atoms with Crippen LogP contribution in [0.2, 0.25) is 0 Å². The lowest BCUT2D eigenvalue weighted by Gasteiger charge is -2.39. The molecule has 0 bridgehead atoms. The molecule has 1 fully saturated rings. The summed E-state index contributed by atoms with van der Waals surface area (Å²) in [7, 11) is -6.23. The van der Waals surface area contributed by atoms with Crippen molar-refractivity contribution in [1.29, 1.82) is 0 Å². The summed E-state index contributed by atoms with van der Waals surface area (Å²) in [6, 6.07) is 0. The number of alkyl halides is 2. The van der Waals surface area contributed by atoms with E-state index in [2.05, 4.69) is 0 Å². The summed E-state index contributed by atoms with van der Waals surface area (Å²) in [5, 5.41) is 19.2. The van der Waals surface area contributed by atoms with Gasteiger partial charge in [0, 0.05) is 11.8 Å². The van der Waals surface area contributed by atoms with Gasteiger partial charge in [0.2, 0.25) is 0 Å². The first kappa shape index (κ1) is 19.1. The SMILES string of the molecule is Cc1cn([C@@H]2O[C@H](CO)[C@@H](C(F)(F)[P+]([O-])([O-])O)[C@H]2O)c(=O)[nH]c1=O. The van der Waals surface area contributed by atoms with Crippen LogP contribution in [0.4, 0.5) is 8.78 Å². The van der Waals surface area contributed by atoms with Gasteiger partial charge in [0.1, 0.15) is 20.0 Å². The summed E-state index contributed by atoms with van der Waals surface area (Å²) in [6.45, 7) is 0.191. The predicted molar refractivity (Wildman–Crippen MR) is 70.6 cm³/mol. The number of hydrogen-bond acceptors (Lipinski definition) is 8. The average Bonchev–Trinajstić information content (AvgIpc) is 2.79. The van der Waals surface area contributed by atoms with Crippen LogP contribution in [0.25, 0.3) is 0 Å². The Morgan fingerprint density at radius 1 is 1.46 bits per heavy atom. The molecule has 1 aromatic rings. The highest BCUT2D eigenvalue weighted by Gasteiger charge is 2.64. The zero-order valence-electron chi connectivity index (χ0n) is 12.1. The van der Waals surface area contributed by atoms with Crippen molar-refractivity contribution in [3.8, 4) is 0 Å². The Kier molecular flexibility index (Phi) is 4.94. The van der Waals surface area contributed by atoms with Gasteiger partial charge < -0.3 is 24.7 Å². The normalized spacial score (nSPS) is 28.3. The highest BCUT2D eigenvalue weighted by atomic mass is 31.2. The molecule has 4 atom stereocenters. The number of hydrogen-bond donors (Lipinski definition) is 4. The number of H-pyrrole nitrogens is 1. The molecule has 2 rings (SSSR count). The molecule has 13 heteroatoms. The molecule has 2 heterocycles. The number of aliphatic hydroxyl groups excluding tert-OH is 2. The highest BCUT2D eigenvalue weighted by Crippen LogP contribution is 2.60. The van der Waals surface area contributed by atoms with Gasteiger partial charge in [0.15, 0.2) is 6.23 Å². The Labute approximate surface area is 133 Å². The molecular formula is C11H14F2N2O8P-. The number of ether oxygens (including phenoxy) is 1. The number of rotatable bonds is 4. The van der Waals surface area contributed by atoms with Gasteiger partial charge in [-0.05, 0) is 6.92 Å². The monoisotopic (exact) mass is 371 g/mol. The molecule has 10 nitrogen and oxygen atoms in total. The van der Waals surface area contributed by atoms with Gasteiger partial charge in [0.25, 0.3) is 5.56 Å². The Balaban J connectivity index is 2.49. The van der Waals surface area contributed by atoms with Crippen molar-refractivity contribution in [1.82, 2.24) is 9.55 Å². The van der Waals surface area contributed by atoms with E-state index < -0.39 is 55.8 Å². The molecule has 4 N–H and O–H groups in total. The fraction of sp³-hybridized carbons (Fsp3) is 0.636. The third-order valence-electron chi connectivity index (χ3n) is 3.75. The lowest BCUT2D eigenvalue weighted by Crippen LogP contribution is -2.50. The maximum atomic E-state index is 13.9. The summed E-state index contributed by atoms with van der Waals surface area (Å²) in [6.07, 6.45) is -5.02. The quantitative estimate of drug-likeness (QED) is 0.400. The van der Waals surface area contributed by atoms with E-state index in [1.54, 1.807) is 0 Å². The first-order valence-electron chi connectivity index (χ1n) is 6.60. The summed E-state index contributed by atoms with van der Waals surface area (Å²) in [5.74, 6) is -2.53. The van der Waals surface area contributed by atoms with Crippen molar-refractivity contribution in [3.05, 3.63) is 32.6 Å². The lowest BCUT2D eigenvalue weighted by atomic mass is 9.98. The number of aromatic nitrogens is 2. The fourth-order valence-corrected chi connectivity index (χ4v) is 3.22. The lowest BCUT2D eigenvalue weighted by molar-refractivity contribution is -0.357. The van der Waals surface area contributed by atoms with Gasteiger partial charge in [-0.15, -0.1) is 0 Å². The molecule has 1 saturated heterocycles. The summed E-state index contributed by atoms with van der Waals surface area (Å²) < 4.78 is 33.4. The molecule has 24 heavy (non-hydrogen) atoms. The molecule has 0 spiro atoms. The summed E-state index contributed by atoms with van der Waals surface area (Å²) in [5.41, 5.74) is -6.65. The van der Waals surface area contributed by atoms with E-state index in [0.29, 0.717) is 4.57 Å². The van der Waals surface area contributed by atoms with Gasteiger partial charge in [-0.3, -0.25) is 19.2 Å². The first-order valence-corrected chi connectivity index (χ1v) is 8.17. The molecule has 0 aliphatic carbocycles. The minimum atomic E-state index is -6.23. The summed E-state index contributed by atoms with van der Waals surface area (Å²) in [4.78, 5) is 55.5. The molecule has 0 aromatic carbocycles. The van der Waals surface area contributed by atoms with Crippen LogP contribution in [0, 0.1) is 12.8 Å². The predicted octanol–water partition coefficient (Wildman–Crippen LogP) is -3.22. The second kappa shape index (κ2) is 6.23. The second-order valence-electron chi connectivity index (χ2n) is 5.35. The van der Waals surface area contributed by atoms with Crippen LogP contribution < -0.4 is 21.0 Å². The Morgan fingerprint density at radius 2 is 2.04 bits per heavy atom. The largest absolute Gasteiger partial charge is 0.655 e. The minimum absolute atomic E-state index is 0.00202. The van der Waals surface area contributed by atoms with Crippen LogP contribution >= 0.6 is 7.94 Å². The number of aliphatic hydroxyl groups is 2. The van der Waals surface area contributed by atoms with Crippen LogP contribution in [0.1, 0.15) is 11.8 Å². The summed E-state index contributed by atoms with van der Waals surface area (Å²) >= 11 is 0. The van der Waals surface area contributed by atoms with Crippen molar-refractivity contribution in [3.63, 3.8) is 0 Å².